The molecule has 9 heteroatoms. The van der Waals surface area contributed by atoms with Crippen molar-refractivity contribution >= 4 is 21.4 Å². The van der Waals surface area contributed by atoms with Gasteiger partial charge in [-0.1, -0.05) is 48.5 Å². The van der Waals surface area contributed by atoms with Crippen LogP contribution < -0.4 is 0 Å². The third-order valence-electron chi connectivity index (χ3n) is 4.82. The molecule has 0 amide bonds. The van der Waals surface area contributed by atoms with Crippen LogP contribution in [0.5, 0.6) is 0 Å². The molecule has 4 rings (SSSR count). The first kappa shape index (κ1) is 21.3. The number of carbonyl (C=O) groups is 1. The van der Waals surface area contributed by atoms with Gasteiger partial charge in [0.05, 0.1) is 16.7 Å². The monoisotopic (exact) mass is 449 g/mol. The summed E-state index contributed by atoms with van der Waals surface area (Å²) in [5.41, 5.74) is 1.33. The van der Waals surface area contributed by atoms with E-state index >= 15 is 0 Å². The van der Waals surface area contributed by atoms with Crippen molar-refractivity contribution in [3.63, 3.8) is 0 Å². The lowest BCUT2D eigenvalue weighted by molar-refractivity contribution is 0.104. The number of aliphatic hydroxyl groups excluding tert-OH is 1. The number of aliphatic hydroxyl groups is 1. The molecule has 32 heavy (non-hydrogen) atoms. The number of aromatic amines is 1. The van der Waals surface area contributed by atoms with Gasteiger partial charge in [-0.2, -0.15) is 5.10 Å². The highest BCUT2D eigenvalue weighted by atomic mass is 32.2. The van der Waals surface area contributed by atoms with Crippen molar-refractivity contribution in [2.45, 2.75) is 22.8 Å². The highest BCUT2D eigenvalue weighted by molar-refractivity contribution is 7.91. The standard InChI is InChI=1S/C23H19N3O5S/c27-19(13-20(28)22-24-15-25-26-22)21-17(12-11-16-7-3-1-4-8-16)14-31-23(21)32(29,30)18-9-5-2-6-10-18/h1-10,13-15,28H,11-12H2,(H,24,25,26). The number of allylic oxidation sites excluding steroid dienone is 1. The van der Waals surface area contributed by atoms with Crippen LogP contribution in [0.25, 0.3) is 5.76 Å². The average molecular weight is 449 g/mol. The number of hydrogen-bond acceptors (Lipinski definition) is 7. The molecule has 0 fully saturated rings. The van der Waals surface area contributed by atoms with E-state index in [0.29, 0.717) is 18.4 Å². The molecule has 2 aromatic heterocycles. The molecule has 2 N–H and O–H groups in total. The number of H-pyrrole nitrogens is 1. The van der Waals surface area contributed by atoms with Crippen LogP contribution in [0.4, 0.5) is 0 Å². The van der Waals surface area contributed by atoms with E-state index in [1.165, 1.54) is 24.7 Å². The van der Waals surface area contributed by atoms with Crippen molar-refractivity contribution < 1.29 is 22.7 Å². The van der Waals surface area contributed by atoms with Crippen molar-refractivity contribution in [2.75, 3.05) is 0 Å². The second-order valence-electron chi connectivity index (χ2n) is 6.94. The van der Waals surface area contributed by atoms with E-state index in [4.69, 9.17) is 4.42 Å². The molecule has 0 radical (unpaired) electrons. The maximum Gasteiger partial charge on any atom is 0.240 e. The molecule has 2 aromatic carbocycles. The Morgan fingerprint density at radius 3 is 2.38 bits per heavy atom. The first-order valence-corrected chi connectivity index (χ1v) is 11.2. The Morgan fingerprint density at radius 2 is 1.72 bits per heavy atom. The maximum atomic E-state index is 13.2. The van der Waals surface area contributed by atoms with E-state index in [1.807, 2.05) is 30.3 Å². The van der Waals surface area contributed by atoms with Gasteiger partial charge in [0, 0.05) is 11.6 Å². The van der Waals surface area contributed by atoms with Crippen LogP contribution >= 0.6 is 0 Å². The van der Waals surface area contributed by atoms with Gasteiger partial charge in [0.2, 0.25) is 20.8 Å². The number of furan rings is 1. The summed E-state index contributed by atoms with van der Waals surface area (Å²) in [7, 11) is -4.10. The molecule has 4 aromatic rings. The SMILES string of the molecule is O=C(C=C(O)c1nc[nH]n1)c1c(CCc2ccccc2)coc1S(=O)(=O)c1ccccc1. The number of ketones is 1. The van der Waals surface area contributed by atoms with Gasteiger partial charge >= 0.3 is 0 Å². The van der Waals surface area contributed by atoms with E-state index < -0.39 is 26.5 Å². The fraction of sp³-hybridized carbons (Fsp3) is 0.0870. The van der Waals surface area contributed by atoms with Gasteiger partial charge in [-0.05, 0) is 30.5 Å². The smallest absolute Gasteiger partial charge is 0.240 e. The van der Waals surface area contributed by atoms with Gasteiger partial charge in [-0.15, -0.1) is 0 Å². The molecule has 0 aliphatic heterocycles. The van der Waals surface area contributed by atoms with E-state index in [-0.39, 0.29) is 16.3 Å². The van der Waals surface area contributed by atoms with Crippen molar-refractivity contribution in [1.82, 2.24) is 15.2 Å². The lowest BCUT2D eigenvalue weighted by Crippen LogP contribution is -2.09. The zero-order chi connectivity index (χ0) is 22.6. The zero-order valence-electron chi connectivity index (χ0n) is 16.8. The van der Waals surface area contributed by atoms with Gasteiger partial charge in [0.1, 0.15) is 6.33 Å². The fourth-order valence-corrected chi connectivity index (χ4v) is 4.64. The van der Waals surface area contributed by atoms with Crippen LogP contribution in [0.1, 0.15) is 27.3 Å². The molecule has 0 spiro atoms. The first-order valence-electron chi connectivity index (χ1n) is 9.72. The summed E-state index contributed by atoms with van der Waals surface area (Å²) in [6, 6.07) is 17.3. The molecule has 0 atom stereocenters. The van der Waals surface area contributed by atoms with Crippen LogP contribution in [0.3, 0.4) is 0 Å². The highest BCUT2D eigenvalue weighted by Crippen LogP contribution is 2.30. The molecule has 162 valence electrons. The topological polar surface area (TPSA) is 126 Å². The second-order valence-corrected chi connectivity index (χ2v) is 8.79. The molecule has 0 saturated carbocycles. The van der Waals surface area contributed by atoms with E-state index in [1.54, 1.807) is 18.2 Å². The zero-order valence-corrected chi connectivity index (χ0v) is 17.6. The number of aromatic nitrogens is 3. The maximum absolute atomic E-state index is 13.2. The Labute approximate surface area is 184 Å². The molecule has 0 saturated heterocycles. The van der Waals surface area contributed by atoms with Crippen LogP contribution in [-0.2, 0) is 22.7 Å². The van der Waals surface area contributed by atoms with Crippen LogP contribution in [-0.4, -0.2) is 34.5 Å². The van der Waals surface area contributed by atoms with Gasteiger partial charge < -0.3 is 9.52 Å². The van der Waals surface area contributed by atoms with Gasteiger partial charge in [0.25, 0.3) is 0 Å². The quantitative estimate of drug-likeness (QED) is 0.238. The van der Waals surface area contributed by atoms with Crippen LogP contribution in [0.2, 0.25) is 0 Å². The molecule has 8 nitrogen and oxygen atoms in total. The lowest BCUT2D eigenvalue weighted by atomic mass is 10.0. The normalized spacial score (nSPS) is 12.1. The first-order chi connectivity index (χ1) is 15.5. The Hall–Kier alpha value is -3.98. The number of aryl methyl sites for hydroxylation is 2. The third-order valence-corrected chi connectivity index (χ3v) is 6.50. The van der Waals surface area contributed by atoms with Crippen LogP contribution in [0, 0.1) is 0 Å². The molecule has 0 unspecified atom stereocenters. The predicted molar refractivity (Wildman–Crippen MR) is 116 cm³/mol. The lowest BCUT2D eigenvalue weighted by Gasteiger charge is -2.06. The molecule has 0 bridgehead atoms. The number of sulfone groups is 1. The predicted octanol–water partition coefficient (Wildman–Crippen LogP) is 3.80. The molecular formula is C23H19N3O5S. The highest BCUT2D eigenvalue weighted by Gasteiger charge is 2.31. The van der Waals surface area contributed by atoms with E-state index in [2.05, 4.69) is 15.2 Å². The minimum absolute atomic E-state index is 0.000166. The fourth-order valence-electron chi connectivity index (χ4n) is 3.24. The van der Waals surface area contributed by atoms with Crippen molar-refractivity contribution in [3.05, 3.63) is 102 Å². The van der Waals surface area contributed by atoms with Crippen molar-refractivity contribution in [2.24, 2.45) is 0 Å². The summed E-state index contributed by atoms with van der Waals surface area (Å²) >= 11 is 0. The Bertz CT molecular complexity index is 1340. The minimum Gasteiger partial charge on any atom is -0.504 e. The number of nitrogens with one attached hydrogen (secondary N) is 1. The summed E-state index contributed by atoms with van der Waals surface area (Å²) in [5, 5.41) is 15.9. The summed E-state index contributed by atoms with van der Waals surface area (Å²) in [6.45, 7) is 0. The summed E-state index contributed by atoms with van der Waals surface area (Å²) < 4.78 is 31.8. The molecular weight excluding hydrogens is 430 g/mol. The van der Waals surface area contributed by atoms with Crippen molar-refractivity contribution in [1.29, 1.82) is 0 Å². The van der Waals surface area contributed by atoms with Gasteiger partial charge in [-0.25, -0.2) is 13.4 Å². The van der Waals surface area contributed by atoms with E-state index in [9.17, 15) is 18.3 Å². The summed E-state index contributed by atoms with van der Waals surface area (Å²) in [5.74, 6) is -1.30. The average Bonchev–Trinajstić information content (AvgIpc) is 3.49. The number of nitrogens with zero attached hydrogens (tertiary/aromatic N) is 2. The molecule has 0 aliphatic carbocycles. The molecule has 2 heterocycles. The van der Waals surface area contributed by atoms with Gasteiger partial charge in [-0.3, -0.25) is 9.89 Å². The Kier molecular flexibility index (Phi) is 6.00. The third kappa shape index (κ3) is 4.37. The van der Waals surface area contributed by atoms with Crippen molar-refractivity contribution in [3.8, 4) is 0 Å². The Morgan fingerprint density at radius 1 is 1.03 bits per heavy atom. The van der Waals surface area contributed by atoms with Crippen LogP contribution in [0.15, 0.2) is 93.7 Å². The van der Waals surface area contributed by atoms with Gasteiger partial charge in [0.15, 0.2) is 11.5 Å². The summed E-state index contributed by atoms with van der Waals surface area (Å²) in [4.78, 5) is 16.9. The number of benzene rings is 2. The number of hydrogen-bond donors (Lipinski definition) is 2. The molecule has 0 aliphatic rings. The Balaban J connectivity index is 1.76. The summed E-state index contributed by atoms with van der Waals surface area (Å²) in [6.07, 6.45) is 4.36. The van der Waals surface area contributed by atoms with E-state index in [0.717, 1.165) is 11.6 Å². The largest absolute Gasteiger partial charge is 0.504 e. The number of carbonyl (C=O) groups excluding carboxylic acids is 1. The second kappa shape index (κ2) is 9.03. The minimum atomic E-state index is -4.10. The number of rotatable bonds is 8.